The smallest absolute Gasteiger partial charge is 0.0555 e. The second-order valence-electron chi connectivity index (χ2n) is 4.64. The van der Waals surface area contributed by atoms with Crippen molar-refractivity contribution < 1.29 is 5.11 Å². The van der Waals surface area contributed by atoms with Crippen molar-refractivity contribution in [3.8, 4) is 0 Å². The van der Waals surface area contributed by atoms with Gasteiger partial charge in [-0.2, -0.15) is 0 Å². The molecule has 2 heteroatoms. The average molecular weight is 199 g/mol. The van der Waals surface area contributed by atoms with E-state index in [2.05, 4.69) is 25.7 Å². The van der Waals surface area contributed by atoms with Crippen LogP contribution in [0.3, 0.4) is 0 Å². The van der Waals surface area contributed by atoms with Crippen molar-refractivity contribution >= 4 is 0 Å². The van der Waals surface area contributed by atoms with Crippen LogP contribution in [0.2, 0.25) is 0 Å². The normalized spacial score (nSPS) is 33.6. The molecule has 0 spiro atoms. The highest BCUT2D eigenvalue weighted by Crippen LogP contribution is 2.28. The first-order valence-corrected chi connectivity index (χ1v) is 6.11. The zero-order chi connectivity index (χ0) is 10.6. The Kier molecular flexibility index (Phi) is 4.90. The molecule has 0 amide bonds. The lowest BCUT2D eigenvalue weighted by Crippen LogP contribution is -2.45. The van der Waals surface area contributed by atoms with Gasteiger partial charge in [0.1, 0.15) is 0 Å². The second kappa shape index (κ2) is 5.72. The predicted molar refractivity (Wildman–Crippen MR) is 60.3 cm³/mol. The van der Waals surface area contributed by atoms with Gasteiger partial charge in [0, 0.05) is 6.04 Å². The van der Waals surface area contributed by atoms with Gasteiger partial charge in [-0.15, -0.1) is 0 Å². The van der Waals surface area contributed by atoms with E-state index in [1.165, 1.54) is 19.4 Å². The van der Waals surface area contributed by atoms with Crippen LogP contribution in [0.4, 0.5) is 0 Å². The lowest BCUT2D eigenvalue weighted by Gasteiger charge is -2.39. The van der Waals surface area contributed by atoms with Crippen molar-refractivity contribution in [2.45, 2.75) is 58.6 Å². The van der Waals surface area contributed by atoms with E-state index in [4.69, 9.17) is 0 Å². The van der Waals surface area contributed by atoms with Gasteiger partial charge in [0.15, 0.2) is 0 Å². The summed E-state index contributed by atoms with van der Waals surface area (Å²) in [6.07, 6.45) is 4.33. The molecular weight excluding hydrogens is 174 g/mol. The van der Waals surface area contributed by atoms with E-state index in [1.807, 2.05) is 0 Å². The minimum atomic E-state index is -0.0536. The first-order valence-electron chi connectivity index (χ1n) is 6.11. The van der Waals surface area contributed by atoms with Crippen LogP contribution in [0, 0.1) is 5.92 Å². The van der Waals surface area contributed by atoms with E-state index in [9.17, 15) is 5.11 Å². The number of aliphatic hydroxyl groups is 1. The molecule has 84 valence electrons. The van der Waals surface area contributed by atoms with Crippen molar-refractivity contribution in [3.05, 3.63) is 0 Å². The lowest BCUT2D eigenvalue weighted by molar-refractivity contribution is 0.0344. The summed E-state index contributed by atoms with van der Waals surface area (Å²) in [7, 11) is 0. The van der Waals surface area contributed by atoms with Crippen LogP contribution in [0.1, 0.15) is 46.5 Å². The monoisotopic (exact) mass is 199 g/mol. The summed E-state index contributed by atoms with van der Waals surface area (Å²) < 4.78 is 0. The third-order valence-corrected chi connectivity index (χ3v) is 3.51. The van der Waals surface area contributed by atoms with E-state index in [-0.39, 0.29) is 6.10 Å². The van der Waals surface area contributed by atoms with Crippen LogP contribution in [-0.2, 0) is 0 Å². The van der Waals surface area contributed by atoms with Crippen LogP contribution in [0.5, 0.6) is 0 Å². The van der Waals surface area contributed by atoms with Crippen LogP contribution >= 0.6 is 0 Å². The molecule has 0 aromatic rings. The zero-order valence-electron chi connectivity index (χ0n) is 9.87. The van der Waals surface area contributed by atoms with E-state index in [0.717, 1.165) is 25.3 Å². The Hall–Kier alpha value is -0.0800. The van der Waals surface area contributed by atoms with Gasteiger partial charge in [0.05, 0.1) is 6.10 Å². The first-order chi connectivity index (χ1) is 6.69. The number of hydrogen-bond donors (Lipinski definition) is 1. The van der Waals surface area contributed by atoms with Gasteiger partial charge in [0.25, 0.3) is 0 Å². The number of rotatable bonds is 4. The molecule has 1 fully saturated rings. The number of aliphatic hydroxyl groups excluding tert-OH is 1. The molecule has 2 nitrogen and oxygen atoms in total. The summed E-state index contributed by atoms with van der Waals surface area (Å²) in [5, 5.41) is 9.68. The maximum absolute atomic E-state index is 9.68. The number of hydrogen-bond acceptors (Lipinski definition) is 2. The van der Waals surface area contributed by atoms with Gasteiger partial charge in [-0.3, -0.25) is 0 Å². The Bertz CT molecular complexity index is 160. The summed E-state index contributed by atoms with van der Waals surface area (Å²) in [5.74, 6) is 0.755. The molecule has 1 aliphatic carbocycles. The molecule has 0 aromatic carbocycles. The van der Waals surface area contributed by atoms with Crippen LogP contribution in [0.25, 0.3) is 0 Å². The van der Waals surface area contributed by atoms with E-state index >= 15 is 0 Å². The van der Waals surface area contributed by atoms with Crippen molar-refractivity contribution in [2.24, 2.45) is 5.92 Å². The fourth-order valence-corrected chi connectivity index (χ4v) is 2.63. The van der Waals surface area contributed by atoms with Gasteiger partial charge >= 0.3 is 0 Å². The predicted octanol–water partition coefficient (Wildman–Crippen LogP) is 2.27. The fourth-order valence-electron chi connectivity index (χ4n) is 2.63. The molecule has 0 saturated heterocycles. The van der Waals surface area contributed by atoms with Gasteiger partial charge in [-0.05, 0) is 44.7 Å². The van der Waals surface area contributed by atoms with Gasteiger partial charge in [-0.1, -0.05) is 20.8 Å². The highest BCUT2D eigenvalue weighted by Gasteiger charge is 2.29. The van der Waals surface area contributed by atoms with Crippen molar-refractivity contribution in [3.63, 3.8) is 0 Å². The largest absolute Gasteiger partial charge is 0.393 e. The minimum Gasteiger partial charge on any atom is -0.393 e. The van der Waals surface area contributed by atoms with Gasteiger partial charge < -0.3 is 10.0 Å². The molecule has 0 bridgehead atoms. The Balaban J connectivity index is 2.52. The molecule has 1 N–H and O–H groups in total. The molecule has 0 heterocycles. The molecule has 14 heavy (non-hydrogen) atoms. The standard InChI is InChI=1S/C12H25NO/c1-4-8-13(5-2)12-9-11(14)7-6-10(12)3/h10-12,14H,4-9H2,1-3H3. The summed E-state index contributed by atoms with van der Waals surface area (Å²) in [6.45, 7) is 9.08. The highest BCUT2D eigenvalue weighted by molar-refractivity contribution is 4.84. The van der Waals surface area contributed by atoms with E-state index in [0.29, 0.717) is 6.04 Å². The second-order valence-corrected chi connectivity index (χ2v) is 4.64. The minimum absolute atomic E-state index is 0.0536. The summed E-state index contributed by atoms with van der Waals surface area (Å²) >= 11 is 0. The Morgan fingerprint density at radius 3 is 2.57 bits per heavy atom. The van der Waals surface area contributed by atoms with Crippen LogP contribution < -0.4 is 0 Å². The first kappa shape index (κ1) is 12.0. The zero-order valence-corrected chi connectivity index (χ0v) is 9.87. The molecule has 1 rings (SSSR count). The molecule has 0 aromatic heterocycles. The molecule has 1 aliphatic rings. The Labute approximate surface area is 88.3 Å². The maximum Gasteiger partial charge on any atom is 0.0555 e. The van der Waals surface area contributed by atoms with E-state index in [1.54, 1.807) is 0 Å². The fraction of sp³-hybridized carbons (Fsp3) is 1.00. The molecular formula is C12H25NO. The van der Waals surface area contributed by atoms with Crippen LogP contribution in [-0.4, -0.2) is 35.2 Å². The van der Waals surface area contributed by atoms with Crippen molar-refractivity contribution in [1.82, 2.24) is 4.90 Å². The highest BCUT2D eigenvalue weighted by atomic mass is 16.3. The van der Waals surface area contributed by atoms with Gasteiger partial charge in [-0.25, -0.2) is 0 Å². The Morgan fingerprint density at radius 1 is 1.29 bits per heavy atom. The Morgan fingerprint density at radius 2 is 2.00 bits per heavy atom. The molecule has 0 aliphatic heterocycles. The van der Waals surface area contributed by atoms with E-state index < -0.39 is 0 Å². The maximum atomic E-state index is 9.68. The molecule has 1 saturated carbocycles. The summed E-state index contributed by atoms with van der Waals surface area (Å²) in [4.78, 5) is 2.53. The quantitative estimate of drug-likeness (QED) is 0.751. The number of nitrogens with zero attached hydrogens (tertiary/aromatic N) is 1. The molecule has 0 radical (unpaired) electrons. The van der Waals surface area contributed by atoms with Gasteiger partial charge in [0.2, 0.25) is 0 Å². The van der Waals surface area contributed by atoms with Crippen LogP contribution in [0.15, 0.2) is 0 Å². The topological polar surface area (TPSA) is 23.5 Å². The average Bonchev–Trinajstić information content (AvgIpc) is 2.18. The third kappa shape index (κ3) is 2.96. The molecule has 3 unspecified atom stereocenters. The lowest BCUT2D eigenvalue weighted by atomic mass is 9.83. The van der Waals surface area contributed by atoms with Crippen molar-refractivity contribution in [2.75, 3.05) is 13.1 Å². The summed E-state index contributed by atoms with van der Waals surface area (Å²) in [6, 6.07) is 0.615. The third-order valence-electron chi connectivity index (χ3n) is 3.51. The molecule has 3 atom stereocenters. The summed E-state index contributed by atoms with van der Waals surface area (Å²) in [5.41, 5.74) is 0. The van der Waals surface area contributed by atoms with Crippen molar-refractivity contribution in [1.29, 1.82) is 0 Å². The SMILES string of the molecule is CCCN(CC)C1CC(O)CCC1C.